The molecule has 0 unspecified atom stereocenters. The van der Waals surface area contributed by atoms with Crippen LogP contribution in [-0.2, 0) is 0 Å². The molecule has 2 aromatic rings. The molecule has 0 radical (unpaired) electrons. The molecule has 0 saturated heterocycles. The van der Waals surface area contributed by atoms with E-state index in [2.05, 4.69) is 10.7 Å². The maximum atomic E-state index is 12.2. The lowest BCUT2D eigenvalue weighted by Crippen LogP contribution is -2.36. The highest BCUT2D eigenvalue weighted by atomic mass is 35.5. The van der Waals surface area contributed by atoms with Crippen LogP contribution in [0.1, 0.15) is 20.7 Å². The number of carbonyl (C=O) groups excluding carboxylic acids is 2. The summed E-state index contributed by atoms with van der Waals surface area (Å²) in [7, 11) is 3.43. The van der Waals surface area contributed by atoms with Gasteiger partial charge in [0.15, 0.2) is 0 Å². The van der Waals surface area contributed by atoms with Crippen LogP contribution < -0.4 is 10.7 Å². The van der Waals surface area contributed by atoms with Crippen molar-refractivity contribution in [1.29, 1.82) is 0 Å². The SMILES string of the molecule is CN(C)NC(=O)c1ccsc1NC(=O)c1ccccc1Cl. The van der Waals surface area contributed by atoms with Gasteiger partial charge in [0.2, 0.25) is 0 Å². The number of halogens is 1. The first-order valence-electron chi connectivity index (χ1n) is 6.10. The second-order valence-electron chi connectivity index (χ2n) is 4.43. The van der Waals surface area contributed by atoms with Gasteiger partial charge in [0.05, 0.1) is 16.1 Å². The zero-order valence-corrected chi connectivity index (χ0v) is 13.1. The van der Waals surface area contributed by atoms with E-state index in [1.807, 2.05) is 0 Å². The van der Waals surface area contributed by atoms with E-state index in [0.717, 1.165) is 0 Å². The van der Waals surface area contributed by atoms with Gasteiger partial charge >= 0.3 is 0 Å². The van der Waals surface area contributed by atoms with E-state index in [4.69, 9.17) is 11.6 Å². The number of rotatable bonds is 4. The molecule has 0 spiro atoms. The molecule has 21 heavy (non-hydrogen) atoms. The van der Waals surface area contributed by atoms with Crippen LogP contribution in [0.5, 0.6) is 0 Å². The lowest BCUT2D eigenvalue weighted by Gasteiger charge is -2.12. The molecule has 1 aromatic heterocycles. The molecule has 2 N–H and O–H groups in total. The van der Waals surface area contributed by atoms with Crippen molar-refractivity contribution in [2.45, 2.75) is 0 Å². The van der Waals surface area contributed by atoms with Gasteiger partial charge in [-0.1, -0.05) is 23.7 Å². The normalized spacial score (nSPS) is 10.5. The maximum Gasteiger partial charge on any atom is 0.268 e. The van der Waals surface area contributed by atoms with E-state index in [9.17, 15) is 9.59 Å². The zero-order chi connectivity index (χ0) is 15.4. The molecule has 0 aliphatic carbocycles. The number of nitrogens with one attached hydrogen (secondary N) is 2. The monoisotopic (exact) mass is 323 g/mol. The Hall–Kier alpha value is -1.89. The highest BCUT2D eigenvalue weighted by Gasteiger charge is 2.17. The smallest absolute Gasteiger partial charge is 0.268 e. The summed E-state index contributed by atoms with van der Waals surface area (Å²) in [5, 5.41) is 6.85. The Kier molecular flexibility index (Phi) is 4.95. The highest BCUT2D eigenvalue weighted by molar-refractivity contribution is 7.14. The lowest BCUT2D eigenvalue weighted by atomic mass is 10.2. The third-order valence-corrected chi connectivity index (χ3v) is 3.74. The summed E-state index contributed by atoms with van der Waals surface area (Å²) in [6.45, 7) is 0. The first kappa shape index (κ1) is 15.5. The van der Waals surface area contributed by atoms with Crippen LogP contribution in [-0.4, -0.2) is 30.9 Å². The molecule has 0 bridgehead atoms. The van der Waals surface area contributed by atoms with Crippen molar-refractivity contribution in [3.8, 4) is 0 Å². The van der Waals surface area contributed by atoms with Gasteiger partial charge in [-0.15, -0.1) is 11.3 Å². The summed E-state index contributed by atoms with van der Waals surface area (Å²) < 4.78 is 0. The van der Waals surface area contributed by atoms with Gasteiger partial charge in [0, 0.05) is 14.1 Å². The standard InChI is InChI=1S/C14H14ClN3O2S/c1-18(2)17-13(20)10-7-8-21-14(10)16-12(19)9-5-3-4-6-11(9)15/h3-8H,1-2H3,(H,16,19)(H,17,20). The van der Waals surface area contributed by atoms with E-state index in [0.29, 0.717) is 21.2 Å². The summed E-state index contributed by atoms with van der Waals surface area (Å²) in [5.74, 6) is -0.627. The van der Waals surface area contributed by atoms with Crippen LogP contribution in [0, 0.1) is 0 Å². The van der Waals surface area contributed by atoms with E-state index in [-0.39, 0.29) is 11.8 Å². The Morgan fingerprint density at radius 3 is 2.48 bits per heavy atom. The number of hydrogen-bond acceptors (Lipinski definition) is 4. The fraction of sp³-hybridized carbons (Fsp3) is 0.143. The summed E-state index contributed by atoms with van der Waals surface area (Å²) >= 11 is 7.27. The van der Waals surface area contributed by atoms with Gasteiger partial charge in [-0.2, -0.15) is 0 Å². The number of hydrogen-bond donors (Lipinski definition) is 2. The molecule has 5 nitrogen and oxygen atoms in total. The topological polar surface area (TPSA) is 61.4 Å². The molecule has 1 heterocycles. The van der Waals surface area contributed by atoms with Crippen LogP contribution in [0.25, 0.3) is 0 Å². The molecule has 7 heteroatoms. The number of thiophene rings is 1. The quantitative estimate of drug-likeness (QED) is 0.851. The molecule has 0 aliphatic rings. The number of hydrazine groups is 1. The number of carbonyl (C=O) groups is 2. The van der Waals surface area contributed by atoms with Gasteiger partial charge in [-0.3, -0.25) is 15.0 Å². The van der Waals surface area contributed by atoms with Gasteiger partial charge < -0.3 is 5.32 Å². The van der Waals surface area contributed by atoms with Crippen molar-refractivity contribution < 1.29 is 9.59 Å². The third kappa shape index (κ3) is 3.81. The van der Waals surface area contributed by atoms with Crippen LogP contribution >= 0.6 is 22.9 Å². The van der Waals surface area contributed by atoms with Crippen LogP contribution in [0.4, 0.5) is 5.00 Å². The van der Waals surface area contributed by atoms with Crippen molar-refractivity contribution in [3.63, 3.8) is 0 Å². The Morgan fingerprint density at radius 1 is 1.10 bits per heavy atom. The van der Waals surface area contributed by atoms with Crippen LogP contribution in [0.2, 0.25) is 5.02 Å². The molecule has 0 fully saturated rings. The average Bonchev–Trinajstić information content (AvgIpc) is 2.86. The molecule has 2 amide bonds. The maximum absolute atomic E-state index is 12.2. The summed E-state index contributed by atoms with van der Waals surface area (Å²) in [5.41, 5.74) is 3.41. The van der Waals surface area contributed by atoms with Gasteiger partial charge in [0.25, 0.3) is 11.8 Å². The molecule has 0 saturated carbocycles. The summed E-state index contributed by atoms with van der Waals surface area (Å²) in [4.78, 5) is 24.2. The fourth-order valence-electron chi connectivity index (χ4n) is 1.66. The minimum Gasteiger partial charge on any atom is -0.313 e. The van der Waals surface area contributed by atoms with Crippen molar-refractivity contribution >= 4 is 39.8 Å². The minimum atomic E-state index is -0.345. The van der Waals surface area contributed by atoms with Gasteiger partial charge in [-0.25, -0.2) is 5.01 Å². The predicted octanol–water partition coefficient (Wildman–Crippen LogP) is 2.86. The van der Waals surface area contributed by atoms with E-state index in [1.54, 1.807) is 54.8 Å². The fourth-order valence-corrected chi connectivity index (χ4v) is 2.67. The molecule has 1 aromatic carbocycles. The first-order valence-corrected chi connectivity index (χ1v) is 7.36. The largest absolute Gasteiger partial charge is 0.313 e. The molecular weight excluding hydrogens is 310 g/mol. The predicted molar refractivity (Wildman–Crippen MR) is 84.9 cm³/mol. The second-order valence-corrected chi connectivity index (χ2v) is 5.76. The van der Waals surface area contributed by atoms with E-state index in [1.165, 1.54) is 11.3 Å². The Labute approximate surface area is 131 Å². The highest BCUT2D eigenvalue weighted by Crippen LogP contribution is 2.25. The number of amides is 2. The van der Waals surface area contributed by atoms with Crippen molar-refractivity contribution in [3.05, 3.63) is 51.9 Å². The minimum absolute atomic E-state index is 0.282. The number of nitrogens with zero attached hydrogens (tertiary/aromatic N) is 1. The Morgan fingerprint density at radius 2 is 1.81 bits per heavy atom. The van der Waals surface area contributed by atoms with E-state index < -0.39 is 0 Å². The summed E-state index contributed by atoms with van der Waals surface area (Å²) in [6.07, 6.45) is 0. The van der Waals surface area contributed by atoms with Gasteiger partial charge in [-0.05, 0) is 23.6 Å². The zero-order valence-electron chi connectivity index (χ0n) is 11.5. The molecule has 0 atom stereocenters. The van der Waals surface area contributed by atoms with Crippen molar-refractivity contribution in [1.82, 2.24) is 10.4 Å². The average molecular weight is 324 g/mol. The summed E-state index contributed by atoms with van der Waals surface area (Å²) in [6, 6.07) is 8.41. The molecule has 110 valence electrons. The molecular formula is C14H14ClN3O2S. The number of benzene rings is 1. The van der Waals surface area contributed by atoms with Crippen molar-refractivity contribution in [2.24, 2.45) is 0 Å². The molecule has 2 rings (SSSR count). The van der Waals surface area contributed by atoms with E-state index >= 15 is 0 Å². The van der Waals surface area contributed by atoms with Crippen molar-refractivity contribution in [2.75, 3.05) is 19.4 Å². The van der Waals surface area contributed by atoms with Crippen LogP contribution in [0.3, 0.4) is 0 Å². The Bertz CT molecular complexity index is 670. The lowest BCUT2D eigenvalue weighted by molar-refractivity contribution is 0.0858. The third-order valence-electron chi connectivity index (χ3n) is 2.58. The van der Waals surface area contributed by atoms with Crippen LogP contribution in [0.15, 0.2) is 35.7 Å². The molecule has 0 aliphatic heterocycles. The first-order chi connectivity index (χ1) is 9.99. The Balaban J connectivity index is 2.18. The number of anilines is 1. The second kappa shape index (κ2) is 6.71. The van der Waals surface area contributed by atoms with Gasteiger partial charge in [0.1, 0.15) is 5.00 Å².